The zero-order valence-corrected chi connectivity index (χ0v) is 14.4. The minimum absolute atomic E-state index is 0.143. The van der Waals surface area contributed by atoms with Gasteiger partial charge in [-0.3, -0.25) is 4.79 Å². The fourth-order valence-corrected chi connectivity index (χ4v) is 2.60. The largest absolute Gasteiger partial charge is 0.497 e. The molecule has 0 aliphatic carbocycles. The molecule has 24 heavy (non-hydrogen) atoms. The van der Waals surface area contributed by atoms with E-state index >= 15 is 0 Å². The average molecular weight is 349 g/mol. The zero-order chi connectivity index (χ0) is 17.5. The fraction of sp³-hybridized carbons (Fsp3) is 0.278. The number of nitrogens with two attached hydrogens (primary N) is 1. The van der Waals surface area contributed by atoms with Gasteiger partial charge in [-0.15, -0.1) is 0 Å². The molecular formula is C18H21ClN2O3. The van der Waals surface area contributed by atoms with Gasteiger partial charge in [-0.2, -0.15) is 0 Å². The van der Waals surface area contributed by atoms with E-state index in [0.717, 1.165) is 16.9 Å². The van der Waals surface area contributed by atoms with Crippen LogP contribution in [0.5, 0.6) is 5.75 Å². The van der Waals surface area contributed by atoms with Gasteiger partial charge in [0.05, 0.1) is 19.8 Å². The van der Waals surface area contributed by atoms with Crippen LogP contribution in [0.15, 0.2) is 48.5 Å². The molecule has 0 aromatic heterocycles. The molecule has 2 rings (SSSR count). The van der Waals surface area contributed by atoms with Crippen molar-refractivity contribution in [2.75, 3.05) is 20.8 Å². The third-order valence-corrected chi connectivity index (χ3v) is 3.98. The molecule has 2 atom stereocenters. The molecule has 2 aromatic rings. The Hall–Kier alpha value is -2.08. The zero-order valence-electron chi connectivity index (χ0n) is 13.7. The monoisotopic (exact) mass is 348 g/mol. The SMILES string of the molecule is COCC(N)C(=O)NC(c1ccc(OC)cc1)c1ccccc1Cl. The van der Waals surface area contributed by atoms with E-state index in [1.54, 1.807) is 13.2 Å². The standard InChI is InChI=1S/C18H21ClN2O3/c1-23-11-16(20)18(22)21-17(14-5-3-4-6-15(14)19)12-7-9-13(24-2)10-8-12/h3-10,16-17H,11,20H2,1-2H3,(H,21,22). The highest BCUT2D eigenvalue weighted by Gasteiger charge is 2.22. The number of carbonyl (C=O) groups excluding carboxylic acids is 1. The van der Waals surface area contributed by atoms with E-state index in [-0.39, 0.29) is 12.5 Å². The summed E-state index contributed by atoms with van der Waals surface area (Å²) in [6.45, 7) is 0.143. The second kappa shape index (κ2) is 8.68. The van der Waals surface area contributed by atoms with Crippen molar-refractivity contribution in [2.45, 2.75) is 12.1 Å². The summed E-state index contributed by atoms with van der Waals surface area (Å²) in [4.78, 5) is 12.3. The first kappa shape index (κ1) is 18.3. The van der Waals surface area contributed by atoms with Gasteiger partial charge in [-0.25, -0.2) is 0 Å². The highest BCUT2D eigenvalue weighted by Crippen LogP contribution is 2.29. The predicted molar refractivity (Wildman–Crippen MR) is 94.3 cm³/mol. The molecular weight excluding hydrogens is 328 g/mol. The number of ether oxygens (including phenoxy) is 2. The third kappa shape index (κ3) is 4.47. The molecule has 1 amide bonds. The van der Waals surface area contributed by atoms with Crippen molar-refractivity contribution in [3.8, 4) is 5.75 Å². The number of rotatable bonds is 7. The summed E-state index contributed by atoms with van der Waals surface area (Å²) in [5.41, 5.74) is 7.50. The maximum atomic E-state index is 12.3. The summed E-state index contributed by atoms with van der Waals surface area (Å²) in [5.74, 6) is 0.427. The lowest BCUT2D eigenvalue weighted by molar-refractivity contribution is -0.123. The molecule has 0 saturated heterocycles. The Morgan fingerprint density at radius 3 is 2.42 bits per heavy atom. The number of benzene rings is 2. The third-order valence-electron chi connectivity index (χ3n) is 3.63. The van der Waals surface area contributed by atoms with Crippen molar-refractivity contribution in [1.29, 1.82) is 0 Å². The molecule has 3 N–H and O–H groups in total. The summed E-state index contributed by atoms with van der Waals surface area (Å²) in [6.07, 6.45) is 0. The van der Waals surface area contributed by atoms with Gasteiger partial charge < -0.3 is 20.5 Å². The van der Waals surface area contributed by atoms with Crippen molar-refractivity contribution in [3.63, 3.8) is 0 Å². The highest BCUT2D eigenvalue weighted by atomic mass is 35.5. The van der Waals surface area contributed by atoms with Crippen LogP contribution in [-0.4, -0.2) is 32.8 Å². The van der Waals surface area contributed by atoms with Crippen molar-refractivity contribution < 1.29 is 14.3 Å². The fourth-order valence-electron chi connectivity index (χ4n) is 2.35. The van der Waals surface area contributed by atoms with Crippen LogP contribution >= 0.6 is 11.6 Å². The van der Waals surface area contributed by atoms with Gasteiger partial charge in [-0.1, -0.05) is 41.9 Å². The Kier molecular flexibility index (Phi) is 6.61. The van der Waals surface area contributed by atoms with E-state index in [4.69, 9.17) is 26.8 Å². The van der Waals surface area contributed by atoms with E-state index in [1.165, 1.54) is 7.11 Å². The van der Waals surface area contributed by atoms with Crippen LogP contribution in [0.25, 0.3) is 0 Å². The number of carbonyl (C=O) groups is 1. The lowest BCUT2D eigenvalue weighted by atomic mass is 9.98. The minimum atomic E-state index is -0.752. The second-order valence-corrected chi connectivity index (χ2v) is 5.71. The van der Waals surface area contributed by atoms with Crippen LogP contribution in [0, 0.1) is 0 Å². The Bertz CT molecular complexity index is 676. The molecule has 6 heteroatoms. The molecule has 2 aromatic carbocycles. The van der Waals surface area contributed by atoms with Crippen molar-refractivity contribution in [3.05, 3.63) is 64.7 Å². The maximum absolute atomic E-state index is 12.3. The van der Waals surface area contributed by atoms with Crippen LogP contribution < -0.4 is 15.8 Å². The molecule has 2 unspecified atom stereocenters. The summed E-state index contributed by atoms with van der Waals surface area (Å²) in [6, 6.07) is 13.6. The van der Waals surface area contributed by atoms with Crippen molar-refractivity contribution in [1.82, 2.24) is 5.32 Å². The van der Waals surface area contributed by atoms with Gasteiger partial charge in [0, 0.05) is 12.1 Å². The van der Waals surface area contributed by atoms with Crippen LogP contribution in [-0.2, 0) is 9.53 Å². The molecule has 0 bridgehead atoms. The number of hydrogen-bond acceptors (Lipinski definition) is 4. The van der Waals surface area contributed by atoms with E-state index in [2.05, 4.69) is 5.32 Å². The second-order valence-electron chi connectivity index (χ2n) is 5.30. The van der Waals surface area contributed by atoms with Gasteiger partial charge in [0.1, 0.15) is 11.8 Å². The van der Waals surface area contributed by atoms with E-state index in [1.807, 2.05) is 42.5 Å². The normalized spacial score (nSPS) is 13.2. The first-order valence-electron chi connectivity index (χ1n) is 7.50. The first-order valence-corrected chi connectivity index (χ1v) is 7.88. The summed E-state index contributed by atoms with van der Waals surface area (Å²) in [5, 5.41) is 3.51. The molecule has 0 heterocycles. The summed E-state index contributed by atoms with van der Waals surface area (Å²) < 4.78 is 10.1. The molecule has 0 spiro atoms. The predicted octanol–water partition coefficient (Wildman–Crippen LogP) is 2.53. The molecule has 0 fully saturated rings. The Labute approximate surface area is 146 Å². The number of amides is 1. The molecule has 0 aliphatic rings. The molecule has 5 nitrogen and oxygen atoms in total. The van der Waals surface area contributed by atoms with Gasteiger partial charge in [0.25, 0.3) is 0 Å². The van der Waals surface area contributed by atoms with Crippen LogP contribution in [0.3, 0.4) is 0 Å². The van der Waals surface area contributed by atoms with Gasteiger partial charge >= 0.3 is 0 Å². The maximum Gasteiger partial charge on any atom is 0.240 e. The highest BCUT2D eigenvalue weighted by molar-refractivity contribution is 6.31. The summed E-state index contributed by atoms with van der Waals surface area (Å²) >= 11 is 6.32. The number of hydrogen-bond donors (Lipinski definition) is 2. The summed E-state index contributed by atoms with van der Waals surface area (Å²) in [7, 11) is 3.11. The topological polar surface area (TPSA) is 73.6 Å². The lowest BCUT2D eigenvalue weighted by Crippen LogP contribution is -2.45. The minimum Gasteiger partial charge on any atom is -0.497 e. The Morgan fingerprint density at radius 2 is 1.83 bits per heavy atom. The molecule has 0 saturated carbocycles. The molecule has 128 valence electrons. The van der Waals surface area contributed by atoms with Crippen molar-refractivity contribution in [2.24, 2.45) is 5.73 Å². The number of nitrogens with one attached hydrogen (secondary N) is 1. The Morgan fingerprint density at radius 1 is 1.17 bits per heavy atom. The van der Waals surface area contributed by atoms with Crippen LogP contribution in [0.1, 0.15) is 17.2 Å². The smallest absolute Gasteiger partial charge is 0.240 e. The average Bonchev–Trinajstić information content (AvgIpc) is 2.60. The van der Waals surface area contributed by atoms with E-state index < -0.39 is 12.1 Å². The first-order chi connectivity index (χ1) is 11.6. The van der Waals surface area contributed by atoms with Crippen molar-refractivity contribution >= 4 is 17.5 Å². The quantitative estimate of drug-likeness (QED) is 0.806. The molecule has 0 radical (unpaired) electrons. The van der Waals surface area contributed by atoms with Crippen LogP contribution in [0.4, 0.5) is 0 Å². The van der Waals surface area contributed by atoms with E-state index in [0.29, 0.717) is 5.02 Å². The van der Waals surface area contributed by atoms with Gasteiger partial charge in [0.15, 0.2) is 0 Å². The van der Waals surface area contributed by atoms with Gasteiger partial charge in [-0.05, 0) is 29.3 Å². The van der Waals surface area contributed by atoms with Gasteiger partial charge in [0.2, 0.25) is 5.91 Å². The van der Waals surface area contributed by atoms with E-state index in [9.17, 15) is 4.79 Å². The van der Waals surface area contributed by atoms with Crippen LogP contribution in [0.2, 0.25) is 5.02 Å². The Balaban J connectivity index is 2.34. The number of methoxy groups -OCH3 is 2. The number of halogens is 1. The molecule has 0 aliphatic heterocycles. The lowest BCUT2D eigenvalue weighted by Gasteiger charge is -2.23.